The van der Waals surface area contributed by atoms with Crippen molar-refractivity contribution < 1.29 is 0 Å². The fourth-order valence-electron chi connectivity index (χ4n) is 2.04. The Balaban J connectivity index is 1.65. The van der Waals surface area contributed by atoms with Gasteiger partial charge in [-0.05, 0) is 12.0 Å². The van der Waals surface area contributed by atoms with Crippen molar-refractivity contribution >= 4 is 34.1 Å². The van der Waals surface area contributed by atoms with Crippen LogP contribution < -0.4 is 0 Å². The lowest BCUT2D eigenvalue weighted by atomic mass is 10.1. The summed E-state index contributed by atoms with van der Waals surface area (Å²) in [7, 11) is 0. The fraction of sp³-hybridized carbons (Fsp3) is 0.385. The van der Waals surface area contributed by atoms with Gasteiger partial charge in [0.1, 0.15) is 6.04 Å². The molecule has 1 aromatic rings. The van der Waals surface area contributed by atoms with Gasteiger partial charge in [-0.3, -0.25) is 9.98 Å². The third kappa shape index (κ3) is 2.75. The van der Waals surface area contributed by atoms with Crippen molar-refractivity contribution in [3.63, 3.8) is 0 Å². The Kier molecular flexibility index (Phi) is 3.52. The average Bonchev–Trinajstić information content (AvgIpc) is 3.00. The van der Waals surface area contributed by atoms with E-state index in [4.69, 9.17) is 4.99 Å². The quantitative estimate of drug-likeness (QED) is 0.836. The molecule has 0 N–H and O–H groups in total. The summed E-state index contributed by atoms with van der Waals surface area (Å²) in [6.07, 6.45) is 1.06. The maximum atomic E-state index is 4.82. The summed E-state index contributed by atoms with van der Waals surface area (Å²) < 4.78 is 0. The minimum Gasteiger partial charge on any atom is -0.276 e. The van der Waals surface area contributed by atoms with Crippen molar-refractivity contribution in [1.29, 1.82) is 0 Å². The minimum absolute atomic E-state index is 0.339. The van der Waals surface area contributed by atoms with E-state index in [1.807, 2.05) is 17.3 Å². The number of hydrogen-bond acceptors (Lipinski definition) is 4. The Morgan fingerprint density at radius 1 is 1.18 bits per heavy atom. The molecule has 0 amide bonds. The summed E-state index contributed by atoms with van der Waals surface area (Å²) in [5.74, 6) is 2.19. The van der Waals surface area contributed by atoms with Gasteiger partial charge >= 0.3 is 0 Å². The summed E-state index contributed by atoms with van der Waals surface area (Å²) in [4.78, 5) is 9.26. The molecular weight excluding hydrogens is 248 g/mol. The van der Waals surface area contributed by atoms with E-state index in [9.17, 15) is 0 Å². The van der Waals surface area contributed by atoms with Crippen molar-refractivity contribution in [2.75, 3.05) is 11.5 Å². The van der Waals surface area contributed by atoms with Gasteiger partial charge in [0.25, 0.3) is 0 Å². The maximum absolute atomic E-state index is 4.82. The van der Waals surface area contributed by atoms with Gasteiger partial charge in [-0.2, -0.15) is 0 Å². The van der Waals surface area contributed by atoms with Crippen LogP contribution in [0.3, 0.4) is 0 Å². The molecule has 2 aliphatic rings. The molecule has 0 radical (unpaired) electrons. The summed E-state index contributed by atoms with van der Waals surface area (Å²) in [5.41, 5.74) is 3.34. The van der Waals surface area contributed by atoms with Crippen LogP contribution in [0.25, 0.3) is 0 Å². The smallest absolute Gasteiger partial charge is 0.108 e. The number of aliphatic imine (C=N–C) groups is 2. The summed E-state index contributed by atoms with van der Waals surface area (Å²) in [5, 5.41) is 1.24. The van der Waals surface area contributed by atoms with Crippen molar-refractivity contribution in [2.45, 2.75) is 18.5 Å². The number of rotatable bonds is 3. The molecule has 0 saturated carbocycles. The Labute approximate surface area is 110 Å². The molecule has 2 unspecified atom stereocenters. The molecular formula is C13H14N2S2. The van der Waals surface area contributed by atoms with E-state index in [0.29, 0.717) is 12.1 Å². The lowest BCUT2D eigenvalue weighted by Gasteiger charge is -2.05. The summed E-state index contributed by atoms with van der Waals surface area (Å²) in [6.45, 7) is 0. The third-order valence-electron chi connectivity index (χ3n) is 2.90. The SMILES string of the molecule is C1=NC(C2=NC(Cc3ccccc3)CS2)CS1. The van der Waals surface area contributed by atoms with E-state index in [1.165, 1.54) is 10.6 Å². The zero-order valence-corrected chi connectivity index (χ0v) is 11.1. The molecule has 17 heavy (non-hydrogen) atoms. The van der Waals surface area contributed by atoms with Gasteiger partial charge in [-0.15, -0.1) is 23.5 Å². The van der Waals surface area contributed by atoms with Crippen LogP contribution in [0.5, 0.6) is 0 Å². The van der Waals surface area contributed by atoms with Gasteiger partial charge in [0.2, 0.25) is 0 Å². The van der Waals surface area contributed by atoms with E-state index in [1.54, 1.807) is 11.8 Å². The highest BCUT2D eigenvalue weighted by atomic mass is 32.2. The highest BCUT2D eigenvalue weighted by Gasteiger charge is 2.26. The Hall–Kier alpha value is -0.740. The topological polar surface area (TPSA) is 24.7 Å². The van der Waals surface area contributed by atoms with Crippen molar-refractivity contribution in [2.24, 2.45) is 9.98 Å². The summed E-state index contributed by atoms with van der Waals surface area (Å²) in [6, 6.07) is 11.4. The van der Waals surface area contributed by atoms with Crippen LogP contribution in [0.2, 0.25) is 0 Å². The van der Waals surface area contributed by atoms with Crippen LogP contribution in [0, 0.1) is 0 Å². The average molecular weight is 262 g/mol. The van der Waals surface area contributed by atoms with Crippen molar-refractivity contribution in [3.8, 4) is 0 Å². The first-order chi connectivity index (χ1) is 8.42. The first kappa shape index (κ1) is 11.4. The molecule has 0 fully saturated rings. The molecule has 88 valence electrons. The highest BCUT2D eigenvalue weighted by molar-refractivity contribution is 8.15. The molecule has 2 aliphatic heterocycles. The third-order valence-corrected chi connectivity index (χ3v) is 4.91. The lowest BCUT2D eigenvalue weighted by molar-refractivity contribution is 0.758. The Bertz CT molecular complexity index is 442. The number of nitrogens with zero attached hydrogens (tertiary/aromatic N) is 2. The van der Waals surface area contributed by atoms with E-state index < -0.39 is 0 Å². The number of thioether (sulfide) groups is 2. The molecule has 0 spiro atoms. The molecule has 2 heterocycles. The first-order valence-electron chi connectivity index (χ1n) is 5.79. The zero-order chi connectivity index (χ0) is 11.5. The predicted octanol–water partition coefficient (Wildman–Crippen LogP) is 2.89. The molecule has 1 aromatic carbocycles. The molecule has 3 rings (SSSR count). The van der Waals surface area contributed by atoms with Crippen LogP contribution in [0.15, 0.2) is 40.3 Å². The highest BCUT2D eigenvalue weighted by Crippen LogP contribution is 2.27. The normalized spacial score (nSPS) is 27.4. The first-order valence-corrected chi connectivity index (χ1v) is 7.83. The molecule has 0 bridgehead atoms. The second-order valence-corrected chi connectivity index (χ2v) is 6.14. The number of hydrogen-bond donors (Lipinski definition) is 0. The van der Waals surface area contributed by atoms with Crippen LogP contribution >= 0.6 is 23.5 Å². The van der Waals surface area contributed by atoms with Crippen molar-refractivity contribution in [1.82, 2.24) is 0 Å². The summed E-state index contributed by atoms with van der Waals surface area (Å²) >= 11 is 3.68. The van der Waals surface area contributed by atoms with Gasteiger partial charge in [-0.25, -0.2) is 0 Å². The minimum atomic E-state index is 0.339. The van der Waals surface area contributed by atoms with Crippen LogP contribution in [-0.4, -0.2) is 34.2 Å². The van der Waals surface area contributed by atoms with Gasteiger partial charge < -0.3 is 0 Å². The van der Waals surface area contributed by atoms with Crippen LogP contribution in [0.1, 0.15) is 5.56 Å². The number of benzene rings is 1. The fourth-order valence-corrected chi connectivity index (χ4v) is 4.00. The van der Waals surface area contributed by atoms with E-state index >= 15 is 0 Å². The zero-order valence-electron chi connectivity index (χ0n) is 9.45. The van der Waals surface area contributed by atoms with Crippen LogP contribution in [0.4, 0.5) is 0 Å². The van der Waals surface area contributed by atoms with Gasteiger partial charge in [-0.1, -0.05) is 30.3 Å². The van der Waals surface area contributed by atoms with Gasteiger partial charge in [0.05, 0.1) is 16.6 Å². The molecule has 0 saturated heterocycles. The largest absolute Gasteiger partial charge is 0.276 e. The Morgan fingerprint density at radius 3 is 2.82 bits per heavy atom. The van der Waals surface area contributed by atoms with Gasteiger partial charge in [0.15, 0.2) is 0 Å². The Morgan fingerprint density at radius 2 is 2.06 bits per heavy atom. The molecule has 2 atom stereocenters. The van der Waals surface area contributed by atoms with E-state index in [2.05, 4.69) is 35.3 Å². The predicted molar refractivity (Wildman–Crippen MR) is 78.6 cm³/mol. The van der Waals surface area contributed by atoms with E-state index in [-0.39, 0.29) is 0 Å². The molecule has 2 nitrogen and oxygen atoms in total. The maximum Gasteiger partial charge on any atom is 0.108 e. The molecule has 0 aliphatic carbocycles. The van der Waals surface area contributed by atoms with Crippen molar-refractivity contribution in [3.05, 3.63) is 35.9 Å². The molecule has 4 heteroatoms. The standard InChI is InChI=1S/C13H14N2S2/c1-2-4-10(5-3-1)6-11-7-17-13(15-11)12-8-16-9-14-12/h1-5,9,11-12H,6-8H2. The second kappa shape index (κ2) is 5.27. The second-order valence-electron chi connectivity index (χ2n) is 4.23. The lowest BCUT2D eigenvalue weighted by Crippen LogP contribution is -2.13. The monoisotopic (exact) mass is 262 g/mol. The molecule has 0 aromatic heterocycles. The van der Waals surface area contributed by atoms with Crippen LogP contribution in [-0.2, 0) is 6.42 Å². The van der Waals surface area contributed by atoms with E-state index in [0.717, 1.165) is 17.9 Å². The van der Waals surface area contributed by atoms with Gasteiger partial charge in [0, 0.05) is 11.5 Å².